The van der Waals surface area contributed by atoms with Crippen molar-refractivity contribution < 1.29 is 9.53 Å². The van der Waals surface area contributed by atoms with Gasteiger partial charge in [-0.15, -0.1) is 0 Å². The number of pyridine rings is 1. The fourth-order valence-corrected chi connectivity index (χ4v) is 2.60. The van der Waals surface area contributed by atoms with Crippen molar-refractivity contribution in [2.45, 2.75) is 58.6 Å². The lowest BCUT2D eigenvalue weighted by Gasteiger charge is -2.36. The van der Waals surface area contributed by atoms with Crippen LogP contribution in [-0.4, -0.2) is 28.1 Å². The summed E-state index contributed by atoms with van der Waals surface area (Å²) in [6.07, 6.45) is 4.68. The van der Waals surface area contributed by atoms with Crippen molar-refractivity contribution in [2.24, 2.45) is 0 Å². The zero-order valence-corrected chi connectivity index (χ0v) is 12.8. The van der Waals surface area contributed by atoms with Gasteiger partial charge in [-0.2, -0.15) is 0 Å². The van der Waals surface area contributed by atoms with Crippen LogP contribution >= 0.6 is 0 Å². The summed E-state index contributed by atoms with van der Waals surface area (Å²) in [7, 11) is 0. The highest BCUT2D eigenvalue weighted by molar-refractivity contribution is 5.69. The van der Waals surface area contributed by atoms with Crippen LogP contribution in [0.5, 0.6) is 0 Å². The molecule has 1 fully saturated rings. The summed E-state index contributed by atoms with van der Waals surface area (Å²) in [5.41, 5.74) is 1.67. The van der Waals surface area contributed by atoms with E-state index in [1.54, 1.807) is 6.20 Å². The smallest absolute Gasteiger partial charge is 0.410 e. The van der Waals surface area contributed by atoms with E-state index in [1.165, 1.54) is 0 Å². The molecule has 1 unspecified atom stereocenters. The second-order valence-corrected chi connectivity index (χ2v) is 6.39. The maximum Gasteiger partial charge on any atom is 0.410 e. The molecule has 1 amide bonds. The lowest BCUT2D eigenvalue weighted by Crippen LogP contribution is -2.42. The Kier molecular flexibility index (Phi) is 4.31. The van der Waals surface area contributed by atoms with Crippen LogP contribution in [0.1, 0.15) is 57.3 Å². The van der Waals surface area contributed by atoms with Gasteiger partial charge >= 0.3 is 6.09 Å². The minimum absolute atomic E-state index is 0.0415. The van der Waals surface area contributed by atoms with Gasteiger partial charge in [0.1, 0.15) is 5.60 Å². The number of likely N-dealkylation sites (tertiary alicyclic amines) is 1. The molecule has 0 aromatic carbocycles. The van der Waals surface area contributed by atoms with E-state index in [-0.39, 0.29) is 12.1 Å². The van der Waals surface area contributed by atoms with Crippen molar-refractivity contribution >= 4 is 6.09 Å². The standard InChI is InChI=1S/C16H24N2O2/c1-12-8-7-10-17-14(12)13-9-5-6-11-18(13)15(19)20-16(2,3)4/h7-8,10,13H,5-6,9,11H2,1-4H3. The molecule has 20 heavy (non-hydrogen) atoms. The van der Waals surface area contributed by atoms with Gasteiger partial charge in [0.2, 0.25) is 0 Å². The van der Waals surface area contributed by atoms with E-state index in [2.05, 4.69) is 4.98 Å². The molecule has 1 saturated heterocycles. The highest BCUT2D eigenvalue weighted by Crippen LogP contribution is 2.32. The van der Waals surface area contributed by atoms with Crippen LogP contribution in [0.25, 0.3) is 0 Å². The van der Waals surface area contributed by atoms with Gasteiger partial charge in [-0.1, -0.05) is 6.07 Å². The Bertz CT molecular complexity index is 480. The number of hydrogen-bond acceptors (Lipinski definition) is 3. The Balaban J connectivity index is 2.22. The third kappa shape index (κ3) is 3.50. The predicted molar refractivity (Wildman–Crippen MR) is 78.5 cm³/mol. The average molecular weight is 276 g/mol. The predicted octanol–water partition coefficient (Wildman–Crippen LogP) is 3.85. The Morgan fingerprint density at radius 2 is 2.15 bits per heavy atom. The summed E-state index contributed by atoms with van der Waals surface area (Å²) < 4.78 is 5.53. The Hall–Kier alpha value is -1.58. The summed E-state index contributed by atoms with van der Waals surface area (Å²) in [5.74, 6) is 0. The van der Waals surface area contributed by atoms with Gasteiger partial charge in [0.25, 0.3) is 0 Å². The van der Waals surface area contributed by atoms with E-state index >= 15 is 0 Å². The fourth-order valence-electron chi connectivity index (χ4n) is 2.60. The van der Waals surface area contributed by atoms with E-state index in [1.807, 2.05) is 44.7 Å². The molecule has 0 spiro atoms. The van der Waals surface area contributed by atoms with Crippen LogP contribution < -0.4 is 0 Å². The molecule has 1 aromatic rings. The maximum atomic E-state index is 12.4. The van der Waals surface area contributed by atoms with E-state index in [4.69, 9.17) is 4.74 Å². The summed E-state index contributed by atoms with van der Waals surface area (Å²) in [4.78, 5) is 18.7. The molecule has 2 heterocycles. The number of piperidine rings is 1. The Morgan fingerprint density at radius 3 is 2.80 bits per heavy atom. The molecule has 0 aliphatic carbocycles. The number of aromatic nitrogens is 1. The van der Waals surface area contributed by atoms with Crippen LogP contribution in [-0.2, 0) is 4.74 Å². The summed E-state index contributed by atoms with van der Waals surface area (Å²) in [6, 6.07) is 4.02. The van der Waals surface area contributed by atoms with E-state index in [0.29, 0.717) is 0 Å². The molecule has 0 bridgehead atoms. The first-order chi connectivity index (χ1) is 9.38. The first-order valence-electron chi connectivity index (χ1n) is 7.29. The first kappa shape index (κ1) is 14.8. The number of carbonyl (C=O) groups is 1. The minimum atomic E-state index is -0.460. The second-order valence-electron chi connectivity index (χ2n) is 6.39. The van der Waals surface area contributed by atoms with Crippen molar-refractivity contribution in [1.29, 1.82) is 0 Å². The quantitative estimate of drug-likeness (QED) is 0.782. The molecular weight excluding hydrogens is 252 g/mol. The van der Waals surface area contributed by atoms with Gasteiger partial charge in [0.05, 0.1) is 11.7 Å². The zero-order chi connectivity index (χ0) is 14.8. The molecule has 110 valence electrons. The van der Waals surface area contributed by atoms with E-state index in [0.717, 1.165) is 37.1 Å². The van der Waals surface area contributed by atoms with Crippen LogP contribution in [0.3, 0.4) is 0 Å². The lowest BCUT2D eigenvalue weighted by molar-refractivity contribution is 0.00894. The summed E-state index contributed by atoms with van der Waals surface area (Å²) in [6.45, 7) is 8.49. The molecule has 1 aliphatic heterocycles. The Morgan fingerprint density at radius 1 is 1.40 bits per heavy atom. The molecule has 4 nitrogen and oxygen atoms in total. The van der Waals surface area contributed by atoms with Crippen molar-refractivity contribution in [3.05, 3.63) is 29.6 Å². The average Bonchev–Trinajstić information content (AvgIpc) is 2.37. The fraction of sp³-hybridized carbons (Fsp3) is 0.625. The van der Waals surface area contributed by atoms with Crippen LogP contribution in [0.15, 0.2) is 18.3 Å². The van der Waals surface area contributed by atoms with Crippen LogP contribution in [0.4, 0.5) is 4.79 Å². The first-order valence-corrected chi connectivity index (χ1v) is 7.29. The normalized spacial score (nSPS) is 19.8. The van der Waals surface area contributed by atoms with E-state index in [9.17, 15) is 4.79 Å². The van der Waals surface area contributed by atoms with Crippen molar-refractivity contribution in [3.63, 3.8) is 0 Å². The van der Waals surface area contributed by atoms with Crippen LogP contribution in [0.2, 0.25) is 0 Å². The van der Waals surface area contributed by atoms with Gasteiger partial charge < -0.3 is 4.74 Å². The SMILES string of the molecule is Cc1cccnc1C1CCCCN1C(=O)OC(C)(C)C. The topological polar surface area (TPSA) is 42.4 Å². The maximum absolute atomic E-state index is 12.4. The third-order valence-electron chi connectivity index (χ3n) is 3.50. The zero-order valence-electron chi connectivity index (χ0n) is 12.8. The summed E-state index contributed by atoms with van der Waals surface area (Å²) in [5, 5.41) is 0. The molecule has 4 heteroatoms. The second kappa shape index (κ2) is 5.81. The number of hydrogen-bond donors (Lipinski definition) is 0. The molecular formula is C16H24N2O2. The minimum Gasteiger partial charge on any atom is -0.444 e. The molecule has 0 saturated carbocycles. The van der Waals surface area contributed by atoms with Gasteiger partial charge in [-0.3, -0.25) is 9.88 Å². The number of aryl methyl sites for hydroxylation is 1. The highest BCUT2D eigenvalue weighted by Gasteiger charge is 2.32. The Labute approximate surface area is 121 Å². The van der Waals surface area contributed by atoms with Gasteiger partial charge in [0.15, 0.2) is 0 Å². The largest absolute Gasteiger partial charge is 0.444 e. The van der Waals surface area contributed by atoms with Crippen molar-refractivity contribution in [2.75, 3.05) is 6.54 Å². The summed E-state index contributed by atoms with van der Waals surface area (Å²) >= 11 is 0. The molecule has 0 N–H and O–H groups in total. The van der Waals surface area contributed by atoms with Crippen molar-refractivity contribution in [3.8, 4) is 0 Å². The number of ether oxygens (including phenoxy) is 1. The molecule has 0 radical (unpaired) electrons. The van der Waals surface area contributed by atoms with Gasteiger partial charge in [0, 0.05) is 12.7 Å². The molecule has 1 atom stereocenters. The number of carbonyl (C=O) groups excluding carboxylic acids is 1. The van der Waals surface area contributed by atoms with Gasteiger partial charge in [-0.25, -0.2) is 4.79 Å². The molecule has 2 rings (SSSR count). The number of rotatable bonds is 1. The van der Waals surface area contributed by atoms with E-state index < -0.39 is 5.60 Å². The lowest BCUT2D eigenvalue weighted by atomic mass is 9.97. The molecule has 1 aliphatic rings. The number of amides is 1. The van der Waals surface area contributed by atoms with Gasteiger partial charge in [-0.05, 0) is 58.6 Å². The molecule has 1 aromatic heterocycles. The van der Waals surface area contributed by atoms with Crippen LogP contribution in [0, 0.1) is 6.92 Å². The highest BCUT2D eigenvalue weighted by atomic mass is 16.6. The monoisotopic (exact) mass is 276 g/mol. The third-order valence-corrected chi connectivity index (χ3v) is 3.50. The van der Waals surface area contributed by atoms with Crippen molar-refractivity contribution in [1.82, 2.24) is 9.88 Å². The number of nitrogens with zero attached hydrogens (tertiary/aromatic N) is 2.